The summed E-state index contributed by atoms with van der Waals surface area (Å²) < 4.78 is 0.865. The van der Waals surface area contributed by atoms with Gasteiger partial charge in [0.25, 0.3) is 5.91 Å². The Kier molecular flexibility index (Phi) is 2.40. The van der Waals surface area contributed by atoms with Crippen molar-refractivity contribution in [3.63, 3.8) is 0 Å². The fraction of sp³-hybridized carbons (Fsp3) is 0.182. The monoisotopic (exact) mass is 267 g/mol. The Bertz CT molecular complexity index is 444. The van der Waals surface area contributed by atoms with Crippen LogP contribution in [0.1, 0.15) is 12.0 Å². The van der Waals surface area contributed by atoms with E-state index in [0.29, 0.717) is 11.3 Å². The van der Waals surface area contributed by atoms with Crippen LogP contribution in [0.3, 0.4) is 0 Å². The van der Waals surface area contributed by atoms with Gasteiger partial charge in [-0.2, -0.15) is 0 Å². The van der Waals surface area contributed by atoms with Crippen molar-refractivity contribution >= 4 is 27.5 Å². The highest BCUT2D eigenvalue weighted by Gasteiger charge is 2.43. The summed E-state index contributed by atoms with van der Waals surface area (Å²) in [6.45, 7) is 3.55. The van der Waals surface area contributed by atoms with E-state index < -0.39 is 11.5 Å². The van der Waals surface area contributed by atoms with Crippen LogP contribution in [0.2, 0.25) is 0 Å². The van der Waals surface area contributed by atoms with E-state index >= 15 is 0 Å². The van der Waals surface area contributed by atoms with Gasteiger partial charge in [-0.1, -0.05) is 28.1 Å². The normalized spacial score (nSPS) is 23.5. The Hall–Kier alpha value is -1.13. The van der Waals surface area contributed by atoms with E-state index in [9.17, 15) is 9.90 Å². The first kappa shape index (κ1) is 10.4. The number of anilines is 1. The summed E-state index contributed by atoms with van der Waals surface area (Å²) in [4.78, 5) is 11.6. The summed E-state index contributed by atoms with van der Waals surface area (Å²) in [6.07, 6.45) is 1.75. The molecule has 15 heavy (non-hydrogen) atoms. The molecule has 0 saturated heterocycles. The highest BCUT2D eigenvalue weighted by Crippen LogP contribution is 2.39. The number of rotatable bonds is 2. The predicted molar refractivity (Wildman–Crippen MR) is 61.5 cm³/mol. The lowest BCUT2D eigenvalue weighted by Gasteiger charge is -2.18. The van der Waals surface area contributed by atoms with Crippen molar-refractivity contribution in [1.82, 2.24) is 0 Å². The molecule has 1 aliphatic rings. The van der Waals surface area contributed by atoms with E-state index in [-0.39, 0.29) is 6.42 Å². The molecule has 1 heterocycles. The van der Waals surface area contributed by atoms with Gasteiger partial charge in [0.15, 0.2) is 5.60 Å². The number of carbonyl (C=O) groups excluding carboxylic acids is 1. The van der Waals surface area contributed by atoms with Crippen LogP contribution in [0.4, 0.5) is 5.69 Å². The van der Waals surface area contributed by atoms with Crippen LogP contribution in [0.25, 0.3) is 0 Å². The van der Waals surface area contributed by atoms with Crippen LogP contribution in [0.5, 0.6) is 0 Å². The smallest absolute Gasteiger partial charge is 0.261 e. The second-order valence-electron chi connectivity index (χ2n) is 3.50. The standard InChI is InChI=1S/C11H10BrNO2/c1-2-5-11(15)8-4-3-7(12)6-9(8)13-10(11)14/h2-4,6,15H,1,5H2,(H,13,14)/t11-/m1/s1. The number of hydrogen-bond acceptors (Lipinski definition) is 2. The summed E-state index contributed by atoms with van der Waals surface area (Å²) in [5, 5.41) is 12.9. The maximum absolute atomic E-state index is 11.6. The summed E-state index contributed by atoms with van der Waals surface area (Å²) in [5.41, 5.74) is -0.202. The van der Waals surface area contributed by atoms with E-state index in [4.69, 9.17) is 0 Å². The van der Waals surface area contributed by atoms with E-state index in [1.54, 1.807) is 18.2 Å². The molecule has 0 spiro atoms. The first-order valence-electron chi connectivity index (χ1n) is 4.52. The Morgan fingerprint density at radius 1 is 1.60 bits per heavy atom. The number of halogens is 1. The Labute approximate surface area is 95.9 Å². The number of aliphatic hydroxyl groups is 1. The zero-order valence-electron chi connectivity index (χ0n) is 7.96. The van der Waals surface area contributed by atoms with Crippen LogP contribution >= 0.6 is 15.9 Å². The molecule has 1 aromatic rings. The lowest BCUT2D eigenvalue weighted by Crippen LogP contribution is -2.33. The van der Waals surface area contributed by atoms with Gasteiger partial charge in [0.1, 0.15) is 0 Å². The molecular formula is C11H10BrNO2. The minimum Gasteiger partial charge on any atom is -0.375 e. The van der Waals surface area contributed by atoms with Crippen molar-refractivity contribution in [3.05, 3.63) is 40.9 Å². The van der Waals surface area contributed by atoms with Gasteiger partial charge in [0.2, 0.25) is 0 Å². The summed E-state index contributed by atoms with van der Waals surface area (Å²) in [5.74, 6) is -0.393. The fourth-order valence-corrected chi connectivity index (χ4v) is 2.10. The number of carbonyl (C=O) groups is 1. The van der Waals surface area contributed by atoms with Crippen molar-refractivity contribution in [3.8, 4) is 0 Å². The quantitative estimate of drug-likeness (QED) is 0.807. The predicted octanol–water partition coefficient (Wildman–Crippen LogP) is 2.16. The van der Waals surface area contributed by atoms with Gasteiger partial charge < -0.3 is 10.4 Å². The van der Waals surface area contributed by atoms with Gasteiger partial charge in [-0.05, 0) is 12.1 Å². The van der Waals surface area contributed by atoms with Crippen molar-refractivity contribution in [2.24, 2.45) is 0 Å². The third-order valence-corrected chi connectivity index (χ3v) is 2.98. The molecule has 0 saturated carbocycles. The first-order chi connectivity index (χ1) is 7.08. The van der Waals surface area contributed by atoms with E-state index in [2.05, 4.69) is 27.8 Å². The van der Waals surface area contributed by atoms with Crippen LogP contribution in [-0.4, -0.2) is 11.0 Å². The number of benzene rings is 1. The molecule has 1 atom stereocenters. The molecule has 0 fully saturated rings. The SMILES string of the molecule is C=CC[C@]1(O)C(=O)Nc2cc(Br)ccc21. The molecule has 4 heteroatoms. The largest absolute Gasteiger partial charge is 0.375 e. The summed E-state index contributed by atoms with van der Waals surface area (Å²) in [7, 11) is 0. The minimum absolute atomic E-state index is 0.216. The molecular weight excluding hydrogens is 258 g/mol. The second-order valence-corrected chi connectivity index (χ2v) is 4.41. The van der Waals surface area contributed by atoms with Crippen LogP contribution in [-0.2, 0) is 10.4 Å². The molecule has 0 aliphatic carbocycles. The molecule has 1 aromatic carbocycles. The molecule has 78 valence electrons. The number of hydrogen-bond donors (Lipinski definition) is 2. The van der Waals surface area contributed by atoms with Crippen molar-refractivity contribution in [2.75, 3.05) is 5.32 Å². The number of nitrogens with one attached hydrogen (secondary N) is 1. The lowest BCUT2D eigenvalue weighted by atomic mass is 9.92. The molecule has 3 nitrogen and oxygen atoms in total. The number of amides is 1. The van der Waals surface area contributed by atoms with E-state index in [1.165, 1.54) is 6.08 Å². The van der Waals surface area contributed by atoms with Crippen LogP contribution in [0.15, 0.2) is 35.3 Å². The molecule has 0 bridgehead atoms. The third kappa shape index (κ3) is 1.50. The zero-order valence-corrected chi connectivity index (χ0v) is 9.54. The van der Waals surface area contributed by atoms with E-state index in [0.717, 1.165) is 4.47 Å². The Morgan fingerprint density at radius 2 is 2.33 bits per heavy atom. The minimum atomic E-state index is -1.46. The van der Waals surface area contributed by atoms with Crippen molar-refractivity contribution < 1.29 is 9.90 Å². The van der Waals surface area contributed by atoms with Crippen molar-refractivity contribution in [2.45, 2.75) is 12.0 Å². The highest BCUT2D eigenvalue weighted by atomic mass is 79.9. The molecule has 0 aromatic heterocycles. The second kappa shape index (κ2) is 3.47. The van der Waals surface area contributed by atoms with Gasteiger partial charge in [0.05, 0.1) is 0 Å². The average molecular weight is 268 g/mol. The number of fused-ring (bicyclic) bond motifs is 1. The fourth-order valence-electron chi connectivity index (χ4n) is 1.74. The molecule has 2 N–H and O–H groups in total. The Morgan fingerprint density at radius 3 is 3.00 bits per heavy atom. The maximum atomic E-state index is 11.6. The van der Waals surface area contributed by atoms with Gasteiger partial charge in [0, 0.05) is 22.1 Å². The van der Waals surface area contributed by atoms with Gasteiger partial charge in [-0.3, -0.25) is 4.79 Å². The Balaban J connectivity index is 2.54. The molecule has 2 rings (SSSR count). The van der Waals surface area contributed by atoms with Gasteiger partial charge in [-0.25, -0.2) is 0 Å². The van der Waals surface area contributed by atoms with Gasteiger partial charge >= 0.3 is 0 Å². The first-order valence-corrected chi connectivity index (χ1v) is 5.32. The highest BCUT2D eigenvalue weighted by molar-refractivity contribution is 9.10. The summed E-state index contributed by atoms with van der Waals surface area (Å²) in [6, 6.07) is 5.31. The molecule has 1 aliphatic heterocycles. The third-order valence-electron chi connectivity index (χ3n) is 2.49. The van der Waals surface area contributed by atoms with E-state index in [1.807, 2.05) is 0 Å². The van der Waals surface area contributed by atoms with Crippen LogP contribution in [0, 0.1) is 0 Å². The maximum Gasteiger partial charge on any atom is 0.261 e. The lowest BCUT2D eigenvalue weighted by molar-refractivity contribution is -0.133. The topological polar surface area (TPSA) is 49.3 Å². The molecule has 0 radical (unpaired) electrons. The summed E-state index contributed by atoms with van der Waals surface area (Å²) >= 11 is 3.31. The zero-order chi connectivity index (χ0) is 11.1. The van der Waals surface area contributed by atoms with Gasteiger partial charge in [-0.15, -0.1) is 6.58 Å². The van der Waals surface area contributed by atoms with Crippen molar-refractivity contribution in [1.29, 1.82) is 0 Å². The van der Waals surface area contributed by atoms with Crippen LogP contribution < -0.4 is 5.32 Å². The molecule has 1 amide bonds. The molecule has 0 unspecified atom stereocenters. The average Bonchev–Trinajstić information content (AvgIpc) is 2.39.